The number of morpholine rings is 1. The molecule has 1 aromatic rings. The predicted octanol–water partition coefficient (Wildman–Crippen LogP) is 2.06. The highest BCUT2D eigenvalue weighted by Crippen LogP contribution is 2.27. The average Bonchev–Trinajstić information content (AvgIpc) is 2.37. The summed E-state index contributed by atoms with van der Waals surface area (Å²) in [6, 6.07) is 5.37. The maximum atomic E-state index is 12.1. The minimum atomic E-state index is -0.332. The molecule has 20 heavy (non-hydrogen) atoms. The standard InChI is InChI=1S/C15H22N2O3/c1-4-19-15(18)13-7-12(16)5-6-14(13)17-8-10(2)20-11(3)9-17/h5-7,10-11H,4,8-9,16H2,1-3H3. The van der Waals surface area contributed by atoms with Crippen molar-refractivity contribution in [2.24, 2.45) is 0 Å². The first-order chi connectivity index (χ1) is 9.51. The largest absolute Gasteiger partial charge is 0.462 e. The number of benzene rings is 1. The minimum absolute atomic E-state index is 0.131. The zero-order valence-electron chi connectivity index (χ0n) is 12.3. The Kier molecular flexibility index (Phi) is 4.49. The van der Waals surface area contributed by atoms with E-state index in [0.29, 0.717) is 17.9 Å². The van der Waals surface area contributed by atoms with Gasteiger partial charge in [-0.05, 0) is 39.0 Å². The molecule has 1 aliphatic heterocycles. The molecule has 0 aliphatic carbocycles. The van der Waals surface area contributed by atoms with Gasteiger partial charge in [-0.15, -0.1) is 0 Å². The highest BCUT2D eigenvalue weighted by atomic mass is 16.5. The molecule has 5 heteroatoms. The summed E-state index contributed by atoms with van der Waals surface area (Å²) < 4.78 is 10.8. The number of nitrogens with zero attached hydrogens (tertiary/aromatic N) is 1. The second-order valence-corrected chi connectivity index (χ2v) is 5.16. The number of carbonyl (C=O) groups is 1. The zero-order valence-corrected chi connectivity index (χ0v) is 12.3. The summed E-state index contributed by atoms with van der Waals surface area (Å²) >= 11 is 0. The Labute approximate surface area is 119 Å². The van der Waals surface area contributed by atoms with Gasteiger partial charge < -0.3 is 20.1 Å². The van der Waals surface area contributed by atoms with E-state index in [2.05, 4.69) is 4.90 Å². The summed E-state index contributed by atoms with van der Waals surface area (Å²) in [4.78, 5) is 14.2. The summed E-state index contributed by atoms with van der Waals surface area (Å²) in [5, 5.41) is 0. The highest BCUT2D eigenvalue weighted by Gasteiger charge is 2.26. The normalized spacial score (nSPS) is 22.6. The minimum Gasteiger partial charge on any atom is -0.462 e. The van der Waals surface area contributed by atoms with E-state index in [4.69, 9.17) is 15.2 Å². The van der Waals surface area contributed by atoms with Crippen LogP contribution >= 0.6 is 0 Å². The number of hydrogen-bond acceptors (Lipinski definition) is 5. The molecule has 1 aromatic carbocycles. The Hall–Kier alpha value is -1.75. The predicted molar refractivity (Wildman–Crippen MR) is 79.0 cm³/mol. The van der Waals surface area contributed by atoms with Gasteiger partial charge in [0.1, 0.15) is 0 Å². The molecule has 0 amide bonds. The smallest absolute Gasteiger partial charge is 0.340 e. The number of hydrogen-bond donors (Lipinski definition) is 1. The first kappa shape index (κ1) is 14.7. The molecule has 5 nitrogen and oxygen atoms in total. The maximum Gasteiger partial charge on any atom is 0.340 e. The highest BCUT2D eigenvalue weighted by molar-refractivity contribution is 5.97. The van der Waals surface area contributed by atoms with Crippen LogP contribution in [0.4, 0.5) is 11.4 Å². The first-order valence-electron chi connectivity index (χ1n) is 6.98. The van der Waals surface area contributed by atoms with E-state index in [1.165, 1.54) is 0 Å². The molecule has 0 aromatic heterocycles. The Morgan fingerprint density at radius 3 is 2.65 bits per heavy atom. The maximum absolute atomic E-state index is 12.1. The van der Waals surface area contributed by atoms with Crippen molar-refractivity contribution in [1.82, 2.24) is 0 Å². The second kappa shape index (κ2) is 6.13. The summed E-state index contributed by atoms with van der Waals surface area (Å²) in [7, 11) is 0. The van der Waals surface area contributed by atoms with E-state index < -0.39 is 0 Å². The van der Waals surface area contributed by atoms with Gasteiger partial charge >= 0.3 is 5.97 Å². The van der Waals surface area contributed by atoms with E-state index in [1.807, 2.05) is 26.0 Å². The fourth-order valence-corrected chi connectivity index (χ4v) is 2.58. The molecule has 2 rings (SSSR count). The number of carbonyl (C=O) groups excluding carboxylic acids is 1. The van der Waals surface area contributed by atoms with Gasteiger partial charge in [0.05, 0.1) is 30.1 Å². The van der Waals surface area contributed by atoms with E-state index in [9.17, 15) is 4.79 Å². The van der Waals surface area contributed by atoms with Crippen LogP contribution in [-0.4, -0.2) is 37.9 Å². The quantitative estimate of drug-likeness (QED) is 0.677. The van der Waals surface area contributed by atoms with Crippen molar-refractivity contribution in [2.45, 2.75) is 33.0 Å². The van der Waals surface area contributed by atoms with E-state index in [0.717, 1.165) is 18.8 Å². The van der Waals surface area contributed by atoms with Crippen LogP contribution in [0.2, 0.25) is 0 Å². The number of nitrogen functional groups attached to an aromatic ring is 1. The van der Waals surface area contributed by atoms with Crippen molar-refractivity contribution in [3.05, 3.63) is 23.8 Å². The average molecular weight is 278 g/mol. The van der Waals surface area contributed by atoms with E-state index in [-0.39, 0.29) is 18.2 Å². The molecule has 2 unspecified atom stereocenters. The number of esters is 1. The molecule has 0 radical (unpaired) electrons. The number of rotatable bonds is 3. The number of nitrogens with two attached hydrogens (primary N) is 1. The van der Waals surface area contributed by atoms with Gasteiger partial charge in [0.2, 0.25) is 0 Å². The van der Waals surface area contributed by atoms with Crippen molar-refractivity contribution in [3.63, 3.8) is 0 Å². The van der Waals surface area contributed by atoms with Crippen molar-refractivity contribution in [3.8, 4) is 0 Å². The molecular weight excluding hydrogens is 256 g/mol. The Morgan fingerprint density at radius 1 is 1.40 bits per heavy atom. The van der Waals surface area contributed by atoms with Gasteiger partial charge in [-0.1, -0.05) is 0 Å². The molecule has 1 aliphatic rings. The summed E-state index contributed by atoms with van der Waals surface area (Å²) in [6.45, 7) is 7.71. The Bertz CT molecular complexity index is 480. The Balaban J connectivity index is 2.32. The van der Waals surface area contributed by atoms with Crippen LogP contribution in [0.5, 0.6) is 0 Å². The van der Waals surface area contributed by atoms with Crippen LogP contribution in [0.1, 0.15) is 31.1 Å². The van der Waals surface area contributed by atoms with Crippen molar-refractivity contribution in [2.75, 3.05) is 30.3 Å². The van der Waals surface area contributed by atoms with E-state index >= 15 is 0 Å². The Morgan fingerprint density at radius 2 is 2.05 bits per heavy atom. The molecule has 0 bridgehead atoms. The van der Waals surface area contributed by atoms with Crippen LogP contribution < -0.4 is 10.6 Å². The fraction of sp³-hybridized carbons (Fsp3) is 0.533. The van der Waals surface area contributed by atoms with Crippen LogP contribution in [-0.2, 0) is 9.47 Å². The molecule has 1 fully saturated rings. The van der Waals surface area contributed by atoms with Gasteiger partial charge in [-0.25, -0.2) is 4.79 Å². The molecule has 2 N–H and O–H groups in total. The third kappa shape index (κ3) is 3.22. The second-order valence-electron chi connectivity index (χ2n) is 5.16. The first-order valence-corrected chi connectivity index (χ1v) is 6.98. The molecule has 0 saturated carbocycles. The SMILES string of the molecule is CCOC(=O)c1cc(N)ccc1N1CC(C)OC(C)C1. The molecule has 0 spiro atoms. The summed E-state index contributed by atoms with van der Waals surface area (Å²) in [6.07, 6.45) is 0.262. The van der Waals surface area contributed by atoms with E-state index in [1.54, 1.807) is 13.0 Å². The summed E-state index contributed by atoms with van der Waals surface area (Å²) in [5.41, 5.74) is 7.74. The van der Waals surface area contributed by atoms with Gasteiger partial charge in [0, 0.05) is 18.8 Å². The number of anilines is 2. The lowest BCUT2D eigenvalue weighted by atomic mass is 10.1. The van der Waals surface area contributed by atoms with Crippen molar-refractivity contribution in [1.29, 1.82) is 0 Å². The molecule has 2 atom stereocenters. The lowest BCUT2D eigenvalue weighted by molar-refractivity contribution is -0.00535. The zero-order chi connectivity index (χ0) is 14.7. The third-order valence-corrected chi connectivity index (χ3v) is 3.28. The molecular formula is C15H22N2O3. The lowest BCUT2D eigenvalue weighted by Gasteiger charge is -2.37. The third-order valence-electron chi connectivity index (χ3n) is 3.28. The fourth-order valence-electron chi connectivity index (χ4n) is 2.58. The van der Waals surface area contributed by atoms with Crippen LogP contribution in [0, 0.1) is 0 Å². The van der Waals surface area contributed by atoms with Crippen LogP contribution in [0.25, 0.3) is 0 Å². The van der Waals surface area contributed by atoms with Gasteiger partial charge in [-0.2, -0.15) is 0 Å². The van der Waals surface area contributed by atoms with Gasteiger partial charge in [0.15, 0.2) is 0 Å². The van der Waals surface area contributed by atoms with Gasteiger partial charge in [0.25, 0.3) is 0 Å². The van der Waals surface area contributed by atoms with Gasteiger partial charge in [-0.3, -0.25) is 0 Å². The van der Waals surface area contributed by atoms with Crippen molar-refractivity contribution >= 4 is 17.3 Å². The van der Waals surface area contributed by atoms with Crippen molar-refractivity contribution < 1.29 is 14.3 Å². The lowest BCUT2D eigenvalue weighted by Crippen LogP contribution is -2.46. The summed E-state index contributed by atoms with van der Waals surface area (Å²) in [5.74, 6) is -0.332. The molecule has 1 saturated heterocycles. The monoisotopic (exact) mass is 278 g/mol. The van der Waals surface area contributed by atoms with Crippen LogP contribution in [0.3, 0.4) is 0 Å². The number of ether oxygens (including phenoxy) is 2. The molecule has 1 heterocycles. The van der Waals surface area contributed by atoms with Crippen LogP contribution in [0.15, 0.2) is 18.2 Å². The molecule has 110 valence electrons. The topological polar surface area (TPSA) is 64.8 Å².